The van der Waals surface area contributed by atoms with E-state index < -0.39 is 0 Å². The summed E-state index contributed by atoms with van der Waals surface area (Å²) in [5.41, 5.74) is 0.898. The van der Waals surface area contributed by atoms with Gasteiger partial charge in [0.25, 0.3) is 0 Å². The Balaban J connectivity index is 3.56. The van der Waals surface area contributed by atoms with E-state index in [0.29, 0.717) is 0 Å². The SMILES string of the molecule is [C-]#[N+]/C=C(\C)NC. The molecule has 2 heteroatoms. The maximum Gasteiger partial charge on any atom is 0.172 e. The maximum absolute atomic E-state index is 6.34. The Labute approximate surface area is 43.7 Å². The summed E-state index contributed by atoms with van der Waals surface area (Å²) in [7, 11) is 1.79. The molecule has 0 aliphatic rings. The van der Waals surface area contributed by atoms with Crippen LogP contribution in [-0.4, -0.2) is 7.05 Å². The number of hydrogen-bond acceptors (Lipinski definition) is 1. The molecule has 0 heterocycles. The second-order valence-corrected chi connectivity index (χ2v) is 1.19. The van der Waals surface area contributed by atoms with Crippen molar-refractivity contribution in [3.8, 4) is 0 Å². The molecular formula is C5H8N2. The van der Waals surface area contributed by atoms with Crippen LogP contribution in [0.3, 0.4) is 0 Å². The first-order valence-corrected chi connectivity index (χ1v) is 2.02. The lowest BCUT2D eigenvalue weighted by atomic mass is 10.5. The monoisotopic (exact) mass is 96.1 g/mol. The van der Waals surface area contributed by atoms with E-state index in [1.807, 2.05) is 6.92 Å². The van der Waals surface area contributed by atoms with Crippen molar-refractivity contribution in [2.24, 2.45) is 0 Å². The molecule has 0 atom stereocenters. The van der Waals surface area contributed by atoms with Crippen LogP contribution in [0.4, 0.5) is 0 Å². The van der Waals surface area contributed by atoms with Gasteiger partial charge in [-0.15, -0.1) is 0 Å². The first-order valence-electron chi connectivity index (χ1n) is 2.02. The van der Waals surface area contributed by atoms with Crippen molar-refractivity contribution in [2.75, 3.05) is 7.05 Å². The van der Waals surface area contributed by atoms with Gasteiger partial charge in [0.1, 0.15) is 0 Å². The molecule has 0 radical (unpaired) electrons. The summed E-state index contributed by atoms with van der Waals surface area (Å²) < 4.78 is 0. The van der Waals surface area contributed by atoms with Crippen molar-refractivity contribution >= 4 is 0 Å². The number of nitrogens with zero attached hydrogens (tertiary/aromatic N) is 1. The second kappa shape index (κ2) is 3.23. The minimum absolute atomic E-state index is 0.898. The average Bonchev–Trinajstić information content (AvgIpc) is 1.68. The lowest BCUT2D eigenvalue weighted by molar-refractivity contribution is 0.990. The summed E-state index contributed by atoms with van der Waals surface area (Å²) in [6.45, 7) is 8.19. The summed E-state index contributed by atoms with van der Waals surface area (Å²) >= 11 is 0. The number of hydrogen-bond donors (Lipinski definition) is 1. The molecule has 0 bridgehead atoms. The van der Waals surface area contributed by atoms with Gasteiger partial charge in [-0.1, -0.05) is 0 Å². The highest BCUT2D eigenvalue weighted by molar-refractivity contribution is 4.99. The van der Waals surface area contributed by atoms with E-state index in [-0.39, 0.29) is 0 Å². The van der Waals surface area contributed by atoms with Crippen LogP contribution in [0.25, 0.3) is 4.85 Å². The molecule has 0 spiro atoms. The molecule has 0 fully saturated rings. The van der Waals surface area contributed by atoms with Crippen LogP contribution in [-0.2, 0) is 0 Å². The van der Waals surface area contributed by atoms with Gasteiger partial charge >= 0.3 is 0 Å². The molecule has 0 aromatic rings. The van der Waals surface area contributed by atoms with Crippen molar-refractivity contribution in [1.29, 1.82) is 0 Å². The Morgan fingerprint density at radius 3 is 2.57 bits per heavy atom. The first-order chi connectivity index (χ1) is 3.31. The van der Waals surface area contributed by atoms with Crippen molar-refractivity contribution in [2.45, 2.75) is 6.92 Å². The highest BCUT2D eigenvalue weighted by Gasteiger charge is 1.73. The smallest absolute Gasteiger partial charge is 0.172 e. The fourth-order valence-corrected chi connectivity index (χ4v) is 0.161. The third-order valence-corrected chi connectivity index (χ3v) is 0.653. The highest BCUT2D eigenvalue weighted by atomic mass is 14.8. The molecule has 0 saturated carbocycles. The standard InChI is InChI=1S/C5H8N2/c1-5(7-3)4-6-2/h4,7H,1,3H3/b5-4+. The van der Waals surface area contributed by atoms with Crippen molar-refractivity contribution in [1.82, 2.24) is 5.32 Å². The Kier molecular flexibility index (Phi) is 2.78. The van der Waals surface area contributed by atoms with Crippen LogP contribution in [0.5, 0.6) is 0 Å². The van der Waals surface area contributed by atoms with Crippen LogP contribution in [0, 0.1) is 6.57 Å². The molecule has 1 N–H and O–H groups in total. The Morgan fingerprint density at radius 1 is 1.86 bits per heavy atom. The Morgan fingerprint density at radius 2 is 2.43 bits per heavy atom. The van der Waals surface area contributed by atoms with E-state index >= 15 is 0 Å². The Hall–Kier alpha value is -0.970. The van der Waals surface area contributed by atoms with Crippen molar-refractivity contribution in [3.05, 3.63) is 23.3 Å². The van der Waals surface area contributed by atoms with Crippen LogP contribution < -0.4 is 5.32 Å². The van der Waals surface area contributed by atoms with E-state index in [1.165, 1.54) is 6.20 Å². The van der Waals surface area contributed by atoms with E-state index in [2.05, 4.69) is 10.2 Å². The Bertz CT molecular complexity index is 108. The zero-order valence-corrected chi connectivity index (χ0v) is 4.52. The third kappa shape index (κ3) is 2.84. The molecule has 0 amide bonds. The fraction of sp³-hybridized carbons (Fsp3) is 0.400. The van der Waals surface area contributed by atoms with Gasteiger partial charge in [-0.05, 0) is 6.92 Å². The number of nitrogens with one attached hydrogen (secondary N) is 1. The zero-order valence-electron chi connectivity index (χ0n) is 4.52. The van der Waals surface area contributed by atoms with Crippen LogP contribution in [0.2, 0.25) is 0 Å². The largest absolute Gasteiger partial charge is 0.401 e. The quantitative estimate of drug-likeness (QED) is 0.481. The van der Waals surface area contributed by atoms with Gasteiger partial charge in [0.05, 0.1) is 6.57 Å². The topological polar surface area (TPSA) is 16.4 Å². The minimum atomic E-state index is 0.898. The predicted octanol–water partition coefficient (Wildman–Crippen LogP) is 0.986. The lowest BCUT2D eigenvalue weighted by Gasteiger charge is -1.90. The first kappa shape index (κ1) is 6.03. The summed E-state index contributed by atoms with van der Waals surface area (Å²) in [5.74, 6) is 0. The van der Waals surface area contributed by atoms with Crippen LogP contribution in [0.1, 0.15) is 6.92 Å². The van der Waals surface area contributed by atoms with Crippen LogP contribution in [0.15, 0.2) is 11.9 Å². The lowest BCUT2D eigenvalue weighted by Crippen LogP contribution is -1.99. The predicted molar refractivity (Wildman–Crippen MR) is 29.4 cm³/mol. The maximum atomic E-state index is 6.34. The van der Waals surface area contributed by atoms with Crippen molar-refractivity contribution < 1.29 is 0 Å². The molecule has 0 rings (SSSR count). The van der Waals surface area contributed by atoms with Crippen molar-refractivity contribution in [3.63, 3.8) is 0 Å². The van der Waals surface area contributed by atoms with Gasteiger partial charge < -0.3 is 5.32 Å². The molecule has 38 valence electrons. The van der Waals surface area contributed by atoms with E-state index in [9.17, 15) is 0 Å². The minimum Gasteiger partial charge on any atom is -0.401 e. The molecule has 7 heavy (non-hydrogen) atoms. The molecule has 0 aromatic carbocycles. The molecule has 0 unspecified atom stereocenters. The van der Waals surface area contributed by atoms with Gasteiger partial charge in [0.2, 0.25) is 0 Å². The fourth-order valence-electron chi connectivity index (χ4n) is 0.161. The molecule has 0 aliphatic heterocycles. The third-order valence-electron chi connectivity index (χ3n) is 0.653. The van der Waals surface area contributed by atoms with E-state index in [1.54, 1.807) is 7.05 Å². The highest BCUT2D eigenvalue weighted by Crippen LogP contribution is 1.81. The molecule has 0 saturated heterocycles. The molecule has 0 aliphatic carbocycles. The summed E-state index contributed by atoms with van der Waals surface area (Å²) in [6, 6.07) is 0. The van der Waals surface area contributed by atoms with Gasteiger partial charge in [-0.25, -0.2) is 4.85 Å². The van der Waals surface area contributed by atoms with Gasteiger partial charge in [-0.3, -0.25) is 0 Å². The number of rotatable bonds is 1. The molecule has 2 nitrogen and oxygen atoms in total. The summed E-state index contributed by atoms with van der Waals surface area (Å²) in [4.78, 5) is 3.03. The second-order valence-electron chi connectivity index (χ2n) is 1.19. The summed E-state index contributed by atoms with van der Waals surface area (Å²) in [6.07, 6.45) is 1.44. The molecule has 0 aromatic heterocycles. The van der Waals surface area contributed by atoms with Gasteiger partial charge in [0, 0.05) is 12.7 Å². The van der Waals surface area contributed by atoms with Crippen LogP contribution >= 0.6 is 0 Å². The zero-order chi connectivity index (χ0) is 5.70. The number of allylic oxidation sites excluding steroid dienone is 1. The van der Waals surface area contributed by atoms with E-state index in [4.69, 9.17) is 6.57 Å². The molecular weight excluding hydrogens is 88.1 g/mol. The summed E-state index contributed by atoms with van der Waals surface area (Å²) in [5, 5.41) is 2.81. The van der Waals surface area contributed by atoms with Gasteiger partial charge in [-0.2, -0.15) is 0 Å². The normalized spacial score (nSPS) is 10.1. The van der Waals surface area contributed by atoms with E-state index in [0.717, 1.165) is 5.70 Å². The average molecular weight is 96.1 g/mol. The van der Waals surface area contributed by atoms with Gasteiger partial charge in [0.15, 0.2) is 6.20 Å².